The Hall–Kier alpha value is -0.540. The molecule has 1 heterocycles. The van der Waals surface area contributed by atoms with Crippen LogP contribution < -0.4 is 4.74 Å². The molecule has 1 saturated heterocycles. The van der Waals surface area contributed by atoms with E-state index < -0.39 is 0 Å². The second kappa shape index (κ2) is 4.29. The number of halogens is 1. The van der Waals surface area contributed by atoms with Crippen molar-refractivity contribution in [1.82, 2.24) is 4.90 Å². The van der Waals surface area contributed by atoms with E-state index in [0.29, 0.717) is 5.92 Å². The van der Waals surface area contributed by atoms with E-state index in [4.69, 9.17) is 4.74 Å². The highest BCUT2D eigenvalue weighted by Gasteiger charge is 2.38. The fourth-order valence-corrected chi connectivity index (χ4v) is 4.04. The van der Waals surface area contributed by atoms with E-state index in [1.165, 1.54) is 41.5 Å². The second-order valence-electron chi connectivity index (χ2n) is 5.27. The Kier molecular flexibility index (Phi) is 2.91. The maximum atomic E-state index is 5.57. The van der Waals surface area contributed by atoms with Crippen LogP contribution in [0.3, 0.4) is 0 Å². The lowest BCUT2D eigenvalue weighted by Gasteiger charge is -2.29. The number of nitrogens with zero attached hydrogens (tertiary/aromatic N) is 1. The normalized spacial score (nSPS) is 27.7. The quantitative estimate of drug-likeness (QED) is 0.790. The monoisotopic (exact) mass is 295 g/mol. The first-order valence-corrected chi connectivity index (χ1v) is 7.04. The first-order valence-electron chi connectivity index (χ1n) is 6.24. The molecule has 1 aromatic rings. The summed E-state index contributed by atoms with van der Waals surface area (Å²) in [6, 6.07) is 4.22. The van der Waals surface area contributed by atoms with Crippen molar-refractivity contribution in [2.45, 2.75) is 18.8 Å². The lowest BCUT2D eigenvalue weighted by molar-refractivity contribution is 0.379. The van der Waals surface area contributed by atoms with Crippen LogP contribution in [0, 0.1) is 5.92 Å². The van der Waals surface area contributed by atoms with Crippen molar-refractivity contribution in [2.75, 3.05) is 27.2 Å². The summed E-state index contributed by atoms with van der Waals surface area (Å²) in [6.45, 7) is 2.41. The highest BCUT2D eigenvalue weighted by atomic mass is 79.9. The van der Waals surface area contributed by atoms with E-state index >= 15 is 0 Å². The molecule has 1 fully saturated rings. The predicted molar refractivity (Wildman–Crippen MR) is 72.7 cm³/mol. The van der Waals surface area contributed by atoms with E-state index in [9.17, 15) is 0 Å². The van der Waals surface area contributed by atoms with Crippen LogP contribution >= 0.6 is 15.9 Å². The Morgan fingerprint density at radius 3 is 2.94 bits per heavy atom. The van der Waals surface area contributed by atoms with Gasteiger partial charge in [0.1, 0.15) is 5.75 Å². The molecule has 1 aliphatic heterocycles. The van der Waals surface area contributed by atoms with Gasteiger partial charge in [0, 0.05) is 29.0 Å². The summed E-state index contributed by atoms with van der Waals surface area (Å²) in [6.07, 6.45) is 2.50. The van der Waals surface area contributed by atoms with Crippen molar-refractivity contribution < 1.29 is 4.74 Å². The third-order valence-electron chi connectivity index (χ3n) is 4.24. The van der Waals surface area contributed by atoms with Gasteiger partial charge >= 0.3 is 0 Å². The number of hydrogen-bond acceptors (Lipinski definition) is 2. The van der Waals surface area contributed by atoms with Crippen LogP contribution in [0.15, 0.2) is 16.6 Å². The molecule has 2 atom stereocenters. The van der Waals surface area contributed by atoms with Crippen molar-refractivity contribution in [2.24, 2.45) is 5.92 Å². The number of methoxy groups -OCH3 is 1. The Balaban J connectivity index is 2.11. The number of hydrogen-bond donors (Lipinski definition) is 0. The smallest absolute Gasteiger partial charge is 0.122 e. The molecule has 0 amide bonds. The topological polar surface area (TPSA) is 12.5 Å². The minimum absolute atomic E-state index is 0.663. The molecule has 2 aliphatic rings. The first kappa shape index (κ1) is 11.5. The third kappa shape index (κ3) is 1.80. The van der Waals surface area contributed by atoms with Gasteiger partial charge in [-0.2, -0.15) is 0 Å². The van der Waals surface area contributed by atoms with Crippen LogP contribution in [0.4, 0.5) is 0 Å². The molecule has 2 unspecified atom stereocenters. The van der Waals surface area contributed by atoms with Crippen LogP contribution in [0.5, 0.6) is 5.75 Å². The molecule has 0 bridgehead atoms. The van der Waals surface area contributed by atoms with Crippen LogP contribution in [-0.2, 0) is 6.42 Å². The number of likely N-dealkylation sites (tertiary alicyclic amines) is 1. The number of ether oxygens (including phenoxy) is 1. The number of likely N-dealkylation sites (N-methyl/N-ethyl adjacent to an activating group) is 1. The highest BCUT2D eigenvalue weighted by Crippen LogP contribution is 2.46. The predicted octanol–water partition coefficient (Wildman–Crippen LogP) is 3.05. The number of fused-ring (bicyclic) bond motifs is 3. The molecule has 0 saturated carbocycles. The average Bonchev–Trinajstić information content (AvgIpc) is 2.70. The lowest BCUT2D eigenvalue weighted by atomic mass is 9.76. The Bertz CT molecular complexity index is 446. The summed E-state index contributed by atoms with van der Waals surface area (Å²) in [7, 11) is 4.01. The summed E-state index contributed by atoms with van der Waals surface area (Å²) in [5.74, 6) is 2.56. The number of rotatable bonds is 1. The van der Waals surface area contributed by atoms with Gasteiger partial charge in [0.2, 0.25) is 0 Å². The largest absolute Gasteiger partial charge is 0.496 e. The number of benzene rings is 1. The SMILES string of the molecule is COc1ccc(Br)c2c1C1CN(C)CC1CC2. The van der Waals surface area contributed by atoms with Crippen molar-refractivity contribution in [3.8, 4) is 5.75 Å². The molecule has 0 radical (unpaired) electrons. The Morgan fingerprint density at radius 1 is 1.35 bits per heavy atom. The van der Waals surface area contributed by atoms with Gasteiger partial charge in [0.15, 0.2) is 0 Å². The second-order valence-corrected chi connectivity index (χ2v) is 6.12. The minimum Gasteiger partial charge on any atom is -0.496 e. The third-order valence-corrected chi connectivity index (χ3v) is 4.98. The maximum absolute atomic E-state index is 5.57. The van der Waals surface area contributed by atoms with Crippen LogP contribution in [0.1, 0.15) is 23.5 Å². The summed E-state index contributed by atoms with van der Waals surface area (Å²) in [4.78, 5) is 2.45. The molecule has 17 heavy (non-hydrogen) atoms. The summed E-state index contributed by atoms with van der Waals surface area (Å²) >= 11 is 3.69. The van der Waals surface area contributed by atoms with Gasteiger partial charge in [-0.1, -0.05) is 15.9 Å². The van der Waals surface area contributed by atoms with E-state index in [2.05, 4.69) is 40.0 Å². The van der Waals surface area contributed by atoms with Crippen molar-refractivity contribution in [3.63, 3.8) is 0 Å². The highest BCUT2D eigenvalue weighted by molar-refractivity contribution is 9.10. The van der Waals surface area contributed by atoms with Crippen molar-refractivity contribution in [1.29, 1.82) is 0 Å². The Morgan fingerprint density at radius 2 is 2.18 bits per heavy atom. The van der Waals surface area contributed by atoms with E-state index in [0.717, 1.165) is 11.7 Å². The molecule has 0 spiro atoms. The molecule has 3 rings (SSSR count). The summed E-state index contributed by atoms with van der Waals surface area (Å²) in [5, 5.41) is 0. The zero-order chi connectivity index (χ0) is 12.0. The van der Waals surface area contributed by atoms with Crippen LogP contribution in [0.2, 0.25) is 0 Å². The molecule has 1 aromatic carbocycles. The van der Waals surface area contributed by atoms with Crippen LogP contribution in [0.25, 0.3) is 0 Å². The summed E-state index contributed by atoms with van der Waals surface area (Å²) in [5.41, 5.74) is 2.93. The van der Waals surface area contributed by atoms with E-state index in [1.54, 1.807) is 7.11 Å². The van der Waals surface area contributed by atoms with Gasteiger partial charge in [-0.15, -0.1) is 0 Å². The Labute approximate surface area is 111 Å². The average molecular weight is 296 g/mol. The zero-order valence-electron chi connectivity index (χ0n) is 10.4. The van der Waals surface area contributed by atoms with Gasteiger partial charge in [-0.05, 0) is 43.5 Å². The minimum atomic E-state index is 0.663. The van der Waals surface area contributed by atoms with Gasteiger partial charge in [0.25, 0.3) is 0 Å². The van der Waals surface area contributed by atoms with E-state index in [-0.39, 0.29) is 0 Å². The van der Waals surface area contributed by atoms with Gasteiger partial charge in [0.05, 0.1) is 7.11 Å². The standard InChI is InChI=1S/C14H18BrNO/c1-16-7-9-3-4-10-12(15)5-6-13(17-2)14(10)11(9)8-16/h5-6,9,11H,3-4,7-8H2,1-2H3. The fourth-order valence-electron chi connectivity index (χ4n) is 3.49. The maximum Gasteiger partial charge on any atom is 0.122 e. The van der Waals surface area contributed by atoms with Crippen molar-refractivity contribution >= 4 is 15.9 Å². The molecule has 2 nitrogen and oxygen atoms in total. The first-order chi connectivity index (χ1) is 8.20. The fraction of sp³-hybridized carbons (Fsp3) is 0.571. The van der Waals surface area contributed by atoms with Gasteiger partial charge in [-0.3, -0.25) is 0 Å². The van der Waals surface area contributed by atoms with Gasteiger partial charge in [-0.25, -0.2) is 0 Å². The lowest BCUT2D eigenvalue weighted by Crippen LogP contribution is -2.20. The molecule has 0 aromatic heterocycles. The van der Waals surface area contributed by atoms with Gasteiger partial charge < -0.3 is 9.64 Å². The molecule has 1 aliphatic carbocycles. The van der Waals surface area contributed by atoms with Crippen LogP contribution in [-0.4, -0.2) is 32.1 Å². The molecule has 92 valence electrons. The summed E-state index contributed by atoms with van der Waals surface area (Å²) < 4.78 is 6.82. The molecular formula is C14H18BrNO. The molecular weight excluding hydrogens is 278 g/mol. The van der Waals surface area contributed by atoms with E-state index in [1.807, 2.05) is 0 Å². The molecule has 0 N–H and O–H groups in total. The molecule has 3 heteroatoms. The zero-order valence-corrected chi connectivity index (χ0v) is 12.0. The van der Waals surface area contributed by atoms with Crippen molar-refractivity contribution in [3.05, 3.63) is 27.7 Å².